The minimum atomic E-state index is -1.03. The van der Waals surface area contributed by atoms with Crippen LogP contribution in [0.3, 0.4) is 0 Å². The van der Waals surface area contributed by atoms with Gasteiger partial charge in [0.1, 0.15) is 0 Å². The summed E-state index contributed by atoms with van der Waals surface area (Å²) in [4.78, 5) is 10.4. The third kappa shape index (κ3) is 2.72. The minimum absolute atomic E-state index is 0.304. The standard InChI is InChI=1S/C10H11ClO3/c1-6-2-3-7(11)4-8(6)9(12)5-10(13)14/h2-4,9,12H,5H2,1H3,(H,13,14). The molecule has 1 aromatic rings. The SMILES string of the molecule is Cc1ccc(Cl)cc1C(O)CC(=O)O. The van der Waals surface area contributed by atoms with Crippen LogP contribution >= 0.6 is 11.6 Å². The van der Waals surface area contributed by atoms with Gasteiger partial charge in [0.05, 0.1) is 12.5 Å². The van der Waals surface area contributed by atoms with Gasteiger partial charge in [0.25, 0.3) is 0 Å². The molecule has 0 aliphatic rings. The average Bonchev–Trinajstić information content (AvgIpc) is 2.08. The molecule has 1 aromatic carbocycles. The number of carboxylic acids is 1. The van der Waals surface area contributed by atoms with Gasteiger partial charge in [0.2, 0.25) is 0 Å². The predicted molar refractivity (Wildman–Crippen MR) is 53.4 cm³/mol. The first-order valence-electron chi connectivity index (χ1n) is 4.16. The normalized spacial score (nSPS) is 12.5. The van der Waals surface area contributed by atoms with Gasteiger partial charge in [0.15, 0.2) is 0 Å². The van der Waals surface area contributed by atoms with E-state index in [0.717, 1.165) is 5.56 Å². The molecule has 2 N–H and O–H groups in total. The van der Waals surface area contributed by atoms with Crippen LogP contribution in [0, 0.1) is 6.92 Å². The molecule has 0 radical (unpaired) electrons. The maximum Gasteiger partial charge on any atom is 0.306 e. The molecule has 4 heteroatoms. The fourth-order valence-electron chi connectivity index (χ4n) is 1.25. The highest BCUT2D eigenvalue weighted by molar-refractivity contribution is 6.30. The zero-order valence-electron chi connectivity index (χ0n) is 7.70. The van der Waals surface area contributed by atoms with Gasteiger partial charge in [-0.25, -0.2) is 0 Å². The maximum atomic E-state index is 10.4. The number of aliphatic hydroxyl groups excluding tert-OH is 1. The monoisotopic (exact) mass is 214 g/mol. The Morgan fingerprint density at radius 2 is 2.21 bits per heavy atom. The summed E-state index contributed by atoms with van der Waals surface area (Å²) in [5.41, 5.74) is 1.41. The van der Waals surface area contributed by atoms with E-state index < -0.39 is 12.1 Å². The predicted octanol–water partition coefficient (Wildman–Crippen LogP) is 2.16. The van der Waals surface area contributed by atoms with Gasteiger partial charge in [-0.2, -0.15) is 0 Å². The van der Waals surface area contributed by atoms with E-state index in [-0.39, 0.29) is 6.42 Å². The van der Waals surface area contributed by atoms with Crippen molar-refractivity contribution in [3.63, 3.8) is 0 Å². The summed E-state index contributed by atoms with van der Waals surface area (Å²) in [5, 5.41) is 18.6. The molecule has 1 unspecified atom stereocenters. The van der Waals surface area contributed by atoms with Crippen LogP contribution in [0.5, 0.6) is 0 Å². The van der Waals surface area contributed by atoms with Crippen molar-refractivity contribution in [3.05, 3.63) is 34.3 Å². The molecular formula is C10H11ClO3. The topological polar surface area (TPSA) is 57.5 Å². The van der Waals surface area contributed by atoms with Crippen molar-refractivity contribution >= 4 is 17.6 Å². The van der Waals surface area contributed by atoms with Crippen LogP contribution in [0.25, 0.3) is 0 Å². The van der Waals surface area contributed by atoms with E-state index in [1.165, 1.54) is 0 Å². The van der Waals surface area contributed by atoms with Gasteiger partial charge in [-0.05, 0) is 30.2 Å². The van der Waals surface area contributed by atoms with Crippen molar-refractivity contribution in [3.8, 4) is 0 Å². The summed E-state index contributed by atoms with van der Waals surface area (Å²) >= 11 is 5.74. The van der Waals surface area contributed by atoms with E-state index in [9.17, 15) is 9.90 Å². The average molecular weight is 215 g/mol. The summed E-state index contributed by atoms with van der Waals surface area (Å²) in [6, 6.07) is 5.04. The summed E-state index contributed by atoms with van der Waals surface area (Å²) in [7, 11) is 0. The fraction of sp³-hybridized carbons (Fsp3) is 0.300. The van der Waals surface area contributed by atoms with Crippen LogP contribution in [0.4, 0.5) is 0 Å². The first-order chi connectivity index (χ1) is 6.50. The molecule has 0 aliphatic carbocycles. The van der Waals surface area contributed by atoms with Gasteiger partial charge in [-0.3, -0.25) is 4.79 Å². The van der Waals surface area contributed by atoms with Crippen LogP contribution in [0.1, 0.15) is 23.7 Å². The molecule has 0 fully saturated rings. The molecule has 0 heterocycles. The summed E-state index contributed by atoms with van der Waals surface area (Å²) in [5.74, 6) is -1.03. The third-order valence-electron chi connectivity index (χ3n) is 1.97. The van der Waals surface area contributed by atoms with E-state index in [4.69, 9.17) is 16.7 Å². The molecule has 3 nitrogen and oxygen atoms in total. The van der Waals surface area contributed by atoms with Crippen LogP contribution in [-0.2, 0) is 4.79 Å². The Hall–Kier alpha value is -1.06. The molecule has 0 bridgehead atoms. The van der Waals surface area contributed by atoms with Crippen LogP contribution in [0.2, 0.25) is 5.02 Å². The molecule has 0 spiro atoms. The number of carboxylic acid groups (broad SMARTS) is 1. The number of aryl methyl sites for hydroxylation is 1. The molecule has 1 rings (SSSR count). The Morgan fingerprint density at radius 1 is 1.57 bits per heavy atom. The number of benzene rings is 1. The molecule has 14 heavy (non-hydrogen) atoms. The first-order valence-corrected chi connectivity index (χ1v) is 4.54. The summed E-state index contributed by atoms with van der Waals surface area (Å²) in [6.07, 6.45) is -1.30. The van der Waals surface area contributed by atoms with E-state index >= 15 is 0 Å². The van der Waals surface area contributed by atoms with Gasteiger partial charge < -0.3 is 10.2 Å². The van der Waals surface area contributed by atoms with Crippen molar-refractivity contribution in [1.82, 2.24) is 0 Å². The zero-order valence-corrected chi connectivity index (χ0v) is 8.45. The Balaban J connectivity index is 2.93. The van der Waals surface area contributed by atoms with Gasteiger partial charge in [0, 0.05) is 5.02 Å². The second kappa shape index (κ2) is 4.44. The van der Waals surface area contributed by atoms with Gasteiger partial charge in [-0.1, -0.05) is 17.7 Å². The summed E-state index contributed by atoms with van der Waals surface area (Å²) in [6.45, 7) is 1.80. The number of aliphatic carboxylic acids is 1. The third-order valence-corrected chi connectivity index (χ3v) is 2.20. The Morgan fingerprint density at radius 3 is 2.79 bits per heavy atom. The van der Waals surface area contributed by atoms with Crippen molar-refractivity contribution in [2.75, 3.05) is 0 Å². The highest BCUT2D eigenvalue weighted by atomic mass is 35.5. The summed E-state index contributed by atoms with van der Waals surface area (Å²) < 4.78 is 0. The fourth-order valence-corrected chi connectivity index (χ4v) is 1.43. The van der Waals surface area contributed by atoms with E-state index in [2.05, 4.69) is 0 Å². The van der Waals surface area contributed by atoms with Crippen molar-refractivity contribution in [2.24, 2.45) is 0 Å². The van der Waals surface area contributed by atoms with E-state index in [1.54, 1.807) is 25.1 Å². The van der Waals surface area contributed by atoms with Crippen LogP contribution in [-0.4, -0.2) is 16.2 Å². The smallest absolute Gasteiger partial charge is 0.306 e. The van der Waals surface area contributed by atoms with E-state index in [0.29, 0.717) is 10.6 Å². The number of aliphatic hydroxyl groups is 1. The second-order valence-electron chi connectivity index (χ2n) is 3.11. The molecule has 0 saturated heterocycles. The molecule has 0 saturated carbocycles. The molecule has 0 aliphatic heterocycles. The Bertz CT molecular complexity index is 349. The lowest BCUT2D eigenvalue weighted by Crippen LogP contribution is -2.06. The van der Waals surface area contributed by atoms with Crippen LogP contribution < -0.4 is 0 Å². The first kappa shape index (κ1) is 11.0. The number of hydrogen-bond acceptors (Lipinski definition) is 2. The molecular weight excluding hydrogens is 204 g/mol. The van der Waals surface area contributed by atoms with Crippen molar-refractivity contribution < 1.29 is 15.0 Å². The number of carbonyl (C=O) groups is 1. The molecule has 76 valence electrons. The van der Waals surface area contributed by atoms with E-state index in [1.807, 2.05) is 0 Å². The highest BCUT2D eigenvalue weighted by Crippen LogP contribution is 2.23. The van der Waals surface area contributed by atoms with Crippen molar-refractivity contribution in [1.29, 1.82) is 0 Å². The number of halogens is 1. The maximum absolute atomic E-state index is 10.4. The van der Waals surface area contributed by atoms with Gasteiger partial charge >= 0.3 is 5.97 Å². The highest BCUT2D eigenvalue weighted by Gasteiger charge is 2.14. The Labute approximate surface area is 86.9 Å². The minimum Gasteiger partial charge on any atom is -0.481 e. The lowest BCUT2D eigenvalue weighted by Gasteiger charge is -2.11. The van der Waals surface area contributed by atoms with Crippen molar-refractivity contribution in [2.45, 2.75) is 19.4 Å². The van der Waals surface area contributed by atoms with Crippen LogP contribution in [0.15, 0.2) is 18.2 Å². The molecule has 0 amide bonds. The molecule has 0 aromatic heterocycles. The number of hydrogen-bond donors (Lipinski definition) is 2. The second-order valence-corrected chi connectivity index (χ2v) is 3.55. The number of rotatable bonds is 3. The zero-order chi connectivity index (χ0) is 10.7. The lowest BCUT2D eigenvalue weighted by atomic mass is 10.0. The molecule has 1 atom stereocenters. The largest absolute Gasteiger partial charge is 0.481 e. The Kier molecular flexibility index (Phi) is 3.49. The lowest BCUT2D eigenvalue weighted by molar-refractivity contribution is -0.139. The quantitative estimate of drug-likeness (QED) is 0.811. The van der Waals surface area contributed by atoms with Gasteiger partial charge in [-0.15, -0.1) is 0 Å².